The summed E-state index contributed by atoms with van der Waals surface area (Å²) in [5.41, 5.74) is 0.293. The first-order chi connectivity index (χ1) is 21.9. The van der Waals surface area contributed by atoms with Crippen molar-refractivity contribution in [2.24, 2.45) is 12.5 Å². The number of carbonyl (C=O) groups is 1. The second-order valence-corrected chi connectivity index (χ2v) is 14.5. The van der Waals surface area contributed by atoms with Crippen LogP contribution < -0.4 is 0 Å². The van der Waals surface area contributed by atoms with Gasteiger partial charge in [0.25, 0.3) is 0 Å². The highest BCUT2D eigenvalue weighted by molar-refractivity contribution is 7.98. The molecular formula is C32H31F4N7O2S. The van der Waals surface area contributed by atoms with E-state index in [1.165, 1.54) is 16.8 Å². The van der Waals surface area contributed by atoms with Gasteiger partial charge in [0.2, 0.25) is 0 Å². The molecule has 0 saturated heterocycles. The van der Waals surface area contributed by atoms with Gasteiger partial charge < -0.3 is 0 Å². The molecule has 2 fully saturated rings. The van der Waals surface area contributed by atoms with E-state index in [2.05, 4.69) is 26.3 Å². The number of halogens is 4. The zero-order valence-corrected chi connectivity index (χ0v) is 25.8. The van der Waals surface area contributed by atoms with Crippen molar-refractivity contribution < 1.29 is 26.6 Å². The van der Waals surface area contributed by atoms with Gasteiger partial charge in [0, 0.05) is 25.3 Å². The standard InChI is InChI=1S/C32H31F4N7O2S/c1-41-19-29(39-40-41)46(2,45)43(25-4-3-5-25)26-9-6-21-15-28-20(18-38-42(28)24-10-7-23(33)8-11-24)16-31(21,17-26)30(44)27-14-22(12-13-37-27)32(34,35)36/h7-8,10-15,18-19,25-26H,2-6,9,16-17H2,1H3/t26-,31-,46?/m0/s1. The number of pyridine rings is 1. The summed E-state index contributed by atoms with van der Waals surface area (Å²) in [4.78, 5) is 18.8. The lowest BCUT2D eigenvalue weighted by Gasteiger charge is -2.50. The van der Waals surface area contributed by atoms with E-state index < -0.39 is 38.7 Å². The highest BCUT2D eigenvalue weighted by atomic mass is 32.2. The number of benzene rings is 1. The minimum Gasteiger partial charge on any atom is -0.291 e. The molecule has 3 aliphatic carbocycles. The minimum absolute atomic E-state index is 0.0539. The van der Waals surface area contributed by atoms with Crippen LogP contribution in [0.25, 0.3) is 11.8 Å². The van der Waals surface area contributed by atoms with E-state index in [0.29, 0.717) is 24.1 Å². The van der Waals surface area contributed by atoms with Crippen LogP contribution in [0.5, 0.6) is 0 Å². The zero-order chi connectivity index (χ0) is 32.4. The minimum atomic E-state index is -4.66. The van der Waals surface area contributed by atoms with Crippen molar-refractivity contribution in [2.75, 3.05) is 0 Å². The molecular weight excluding hydrogens is 622 g/mol. The number of hydrogen-bond acceptors (Lipinski definition) is 6. The van der Waals surface area contributed by atoms with Gasteiger partial charge in [-0.1, -0.05) is 17.2 Å². The molecule has 3 aliphatic rings. The molecule has 14 heteroatoms. The predicted molar refractivity (Wildman–Crippen MR) is 163 cm³/mol. The summed E-state index contributed by atoms with van der Waals surface area (Å²) in [6.07, 6.45) is 5.33. The number of allylic oxidation sites excluding steroid dienone is 1. The highest BCUT2D eigenvalue weighted by Gasteiger charge is 2.52. The fourth-order valence-corrected chi connectivity index (χ4v) is 9.12. The Morgan fingerprint density at radius 3 is 2.54 bits per heavy atom. The summed E-state index contributed by atoms with van der Waals surface area (Å²) in [7, 11) is -1.44. The first-order valence-corrected chi connectivity index (χ1v) is 16.7. The fourth-order valence-electron chi connectivity index (χ4n) is 7.07. The van der Waals surface area contributed by atoms with E-state index in [4.69, 9.17) is 0 Å². The van der Waals surface area contributed by atoms with Crippen LogP contribution in [0.3, 0.4) is 0 Å². The van der Waals surface area contributed by atoms with Crippen LogP contribution in [0.1, 0.15) is 65.8 Å². The number of aromatic nitrogens is 6. The topological polar surface area (TPSA) is 98.8 Å². The Balaban J connectivity index is 1.34. The Kier molecular flexibility index (Phi) is 7.27. The second kappa shape index (κ2) is 11.0. The molecule has 0 amide bonds. The monoisotopic (exact) mass is 653 g/mol. The summed E-state index contributed by atoms with van der Waals surface area (Å²) in [5, 5.41) is 12.9. The third-order valence-corrected chi connectivity index (χ3v) is 11.6. The van der Waals surface area contributed by atoms with Gasteiger partial charge in [-0.15, -0.1) is 5.10 Å². The van der Waals surface area contributed by atoms with Crippen LogP contribution in [0.4, 0.5) is 17.6 Å². The van der Waals surface area contributed by atoms with Crippen LogP contribution in [0, 0.1) is 11.2 Å². The average molecular weight is 654 g/mol. The van der Waals surface area contributed by atoms with Crippen molar-refractivity contribution >= 4 is 27.4 Å². The van der Waals surface area contributed by atoms with Crippen molar-refractivity contribution in [2.45, 2.75) is 68.2 Å². The van der Waals surface area contributed by atoms with Gasteiger partial charge in [0.05, 0.1) is 44.5 Å². The van der Waals surface area contributed by atoms with E-state index in [9.17, 15) is 26.6 Å². The lowest BCUT2D eigenvalue weighted by molar-refractivity contribution is -0.137. The van der Waals surface area contributed by atoms with Gasteiger partial charge in [0.15, 0.2) is 10.8 Å². The second-order valence-electron chi connectivity index (χ2n) is 12.3. The quantitative estimate of drug-likeness (QED) is 0.149. The van der Waals surface area contributed by atoms with Crippen LogP contribution in [-0.4, -0.2) is 62.0 Å². The van der Waals surface area contributed by atoms with Gasteiger partial charge in [-0.25, -0.2) is 17.6 Å². The maximum absolute atomic E-state index is 14.6. The van der Waals surface area contributed by atoms with E-state index in [0.717, 1.165) is 48.9 Å². The molecule has 0 N–H and O–H groups in total. The Hall–Kier alpha value is -4.17. The van der Waals surface area contributed by atoms with Gasteiger partial charge >= 0.3 is 6.18 Å². The van der Waals surface area contributed by atoms with E-state index in [-0.39, 0.29) is 35.4 Å². The SMILES string of the molecule is C=S(=O)(c1cn(C)nn1)N(C1CCC1)[C@H]1CCC2=Cc3c(cnn3-c3ccc(F)cc3)C[C@]2(C(=O)c2cc(C(F)(F)F)ccn2)C1. The van der Waals surface area contributed by atoms with Gasteiger partial charge in [-0.3, -0.25) is 14.5 Å². The maximum Gasteiger partial charge on any atom is 0.416 e. The summed E-state index contributed by atoms with van der Waals surface area (Å²) in [6.45, 7) is 0. The number of alkyl halides is 3. The summed E-state index contributed by atoms with van der Waals surface area (Å²) in [5.74, 6) is 3.22. The number of nitrogens with zero attached hydrogens (tertiary/aromatic N) is 7. The molecule has 0 bridgehead atoms. The number of fused-ring (bicyclic) bond motifs is 2. The maximum atomic E-state index is 14.6. The van der Waals surface area contributed by atoms with Crippen molar-refractivity contribution in [1.29, 1.82) is 0 Å². The van der Waals surface area contributed by atoms with E-state index in [1.54, 1.807) is 36.3 Å². The Bertz CT molecular complexity index is 1960. The highest BCUT2D eigenvalue weighted by Crippen LogP contribution is 2.52. The molecule has 1 unspecified atom stereocenters. The van der Waals surface area contributed by atoms with Crippen LogP contribution in [0.15, 0.2) is 65.6 Å². The molecule has 7 rings (SSSR count). The number of carbonyl (C=O) groups excluding carboxylic acids is 1. The third kappa shape index (κ3) is 5.07. The Morgan fingerprint density at radius 1 is 1.13 bits per heavy atom. The first kappa shape index (κ1) is 30.5. The van der Waals surface area contributed by atoms with Crippen LogP contribution in [-0.2, 0) is 29.4 Å². The molecule has 1 aromatic carbocycles. The smallest absolute Gasteiger partial charge is 0.291 e. The van der Waals surface area contributed by atoms with Crippen molar-refractivity contribution in [3.8, 4) is 5.69 Å². The fraction of sp³-hybridized carbons (Fsp3) is 0.375. The van der Waals surface area contributed by atoms with Gasteiger partial charge in [-0.05, 0) is 92.4 Å². The van der Waals surface area contributed by atoms with Crippen LogP contribution >= 0.6 is 0 Å². The number of ketones is 1. The Morgan fingerprint density at radius 2 is 1.89 bits per heavy atom. The zero-order valence-electron chi connectivity index (χ0n) is 25.0. The molecule has 3 heterocycles. The largest absolute Gasteiger partial charge is 0.416 e. The van der Waals surface area contributed by atoms with E-state index >= 15 is 0 Å². The number of aryl methyl sites for hydroxylation is 1. The lowest BCUT2D eigenvalue weighted by atomic mass is 9.60. The number of rotatable bonds is 7. The molecule has 3 atom stereocenters. The van der Waals surface area contributed by atoms with Crippen molar-refractivity contribution in [3.05, 3.63) is 88.9 Å². The molecule has 2 saturated carbocycles. The Labute approximate surface area is 263 Å². The van der Waals surface area contributed by atoms with Gasteiger partial charge in [-0.2, -0.15) is 18.3 Å². The summed E-state index contributed by atoms with van der Waals surface area (Å²) in [6, 6.07) is 7.08. The van der Waals surface area contributed by atoms with E-state index in [1.807, 2.05) is 10.4 Å². The lowest BCUT2D eigenvalue weighted by Crippen LogP contribution is -2.55. The normalized spacial score (nSPS) is 22.8. The van der Waals surface area contributed by atoms with Gasteiger partial charge in [0.1, 0.15) is 11.5 Å². The molecule has 4 aromatic rings. The summed E-state index contributed by atoms with van der Waals surface area (Å²) < 4.78 is 74.5. The first-order valence-electron chi connectivity index (χ1n) is 15.0. The molecule has 0 radical (unpaired) electrons. The number of Topliss-reactive ketones (excluding diaryl/α,β-unsaturated/α-hetero) is 1. The summed E-state index contributed by atoms with van der Waals surface area (Å²) >= 11 is 0. The molecule has 46 heavy (non-hydrogen) atoms. The van der Waals surface area contributed by atoms with Crippen LogP contribution in [0.2, 0.25) is 0 Å². The average Bonchev–Trinajstić information content (AvgIpc) is 3.63. The molecule has 9 nitrogen and oxygen atoms in total. The van der Waals surface area contributed by atoms with Crippen molar-refractivity contribution in [3.63, 3.8) is 0 Å². The third-order valence-electron chi connectivity index (χ3n) is 9.50. The predicted octanol–water partition coefficient (Wildman–Crippen LogP) is 5.46. The number of hydrogen-bond donors (Lipinski definition) is 0. The molecule has 0 aliphatic heterocycles. The van der Waals surface area contributed by atoms with Crippen molar-refractivity contribution in [1.82, 2.24) is 34.1 Å². The molecule has 3 aromatic heterocycles. The molecule has 0 spiro atoms. The molecule has 240 valence electrons.